The van der Waals surface area contributed by atoms with Crippen LogP contribution >= 0.6 is 11.3 Å². The number of hydrogen-bond acceptors (Lipinski definition) is 6. The topological polar surface area (TPSA) is 93.6 Å². The fourth-order valence-electron chi connectivity index (χ4n) is 1.76. The van der Waals surface area contributed by atoms with E-state index in [1.165, 1.54) is 30.6 Å². The van der Waals surface area contributed by atoms with E-state index in [-0.39, 0.29) is 22.0 Å². The lowest BCUT2D eigenvalue weighted by Gasteiger charge is -2.09. The maximum absolute atomic E-state index is 12.5. The molecule has 0 unspecified atom stereocenters. The zero-order valence-electron chi connectivity index (χ0n) is 11.4. The molecule has 112 valence electrons. The lowest BCUT2D eigenvalue weighted by Crippen LogP contribution is -2.09. The number of benzene rings is 1. The van der Waals surface area contributed by atoms with Gasteiger partial charge in [0, 0.05) is 11.1 Å². The molecule has 0 fully saturated rings. The zero-order valence-corrected chi connectivity index (χ0v) is 13.0. The van der Waals surface area contributed by atoms with Crippen molar-refractivity contribution in [3.05, 3.63) is 39.8 Å². The highest BCUT2D eigenvalue weighted by Crippen LogP contribution is 2.28. The first kappa shape index (κ1) is 15.5. The van der Waals surface area contributed by atoms with Gasteiger partial charge in [-0.25, -0.2) is 18.2 Å². The second-order valence-electron chi connectivity index (χ2n) is 4.31. The molecule has 0 atom stereocenters. The number of sulfone groups is 1. The Morgan fingerprint density at radius 3 is 2.67 bits per heavy atom. The Labute approximate surface area is 126 Å². The van der Waals surface area contributed by atoms with Crippen LogP contribution in [0.15, 0.2) is 28.5 Å². The van der Waals surface area contributed by atoms with Gasteiger partial charge in [-0.2, -0.15) is 0 Å². The van der Waals surface area contributed by atoms with Crippen molar-refractivity contribution < 1.29 is 23.1 Å². The number of carbonyl (C=O) groups is 1. The number of carboxylic acid groups (broad SMARTS) is 1. The Morgan fingerprint density at radius 2 is 2.14 bits per heavy atom. The highest BCUT2D eigenvalue weighted by Gasteiger charge is 2.23. The maximum atomic E-state index is 12.5. The van der Waals surface area contributed by atoms with Crippen LogP contribution in [0.25, 0.3) is 0 Å². The van der Waals surface area contributed by atoms with E-state index in [0.717, 1.165) is 11.8 Å². The molecule has 1 N–H and O–H groups in total. The van der Waals surface area contributed by atoms with Crippen LogP contribution in [-0.4, -0.2) is 31.6 Å². The van der Waals surface area contributed by atoms with E-state index >= 15 is 0 Å². The number of thiazole rings is 1. The van der Waals surface area contributed by atoms with Crippen LogP contribution in [0.5, 0.6) is 5.75 Å². The SMILES string of the molecule is COc1ccc(C(=O)O)cc1S(=O)(=O)Cc1nc(C)cs1. The van der Waals surface area contributed by atoms with E-state index in [9.17, 15) is 13.2 Å². The van der Waals surface area contributed by atoms with Crippen LogP contribution in [0, 0.1) is 6.92 Å². The molecule has 6 nitrogen and oxygen atoms in total. The van der Waals surface area contributed by atoms with Gasteiger partial charge in [-0.15, -0.1) is 11.3 Å². The lowest BCUT2D eigenvalue weighted by molar-refractivity contribution is 0.0696. The molecule has 0 bridgehead atoms. The quantitative estimate of drug-likeness (QED) is 0.904. The second-order valence-corrected chi connectivity index (χ2v) is 7.21. The molecule has 0 saturated carbocycles. The number of aryl methyl sites for hydroxylation is 1. The molecule has 0 aliphatic rings. The fourth-order valence-corrected chi connectivity index (χ4v) is 4.37. The van der Waals surface area contributed by atoms with Crippen LogP contribution in [-0.2, 0) is 15.6 Å². The van der Waals surface area contributed by atoms with Gasteiger partial charge < -0.3 is 9.84 Å². The zero-order chi connectivity index (χ0) is 15.6. The first-order valence-electron chi connectivity index (χ1n) is 5.88. The molecule has 0 saturated heterocycles. The van der Waals surface area contributed by atoms with Gasteiger partial charge in [-0.3, -0.25) is 0 Å². The van der Waals surface area contributed by atoms with Crippen molar-refractivity contribution in [1.29, 1.82) is 0 Å². The fraction of sp³-hybridized carbons (Fsp3) is 0.231. The Morgan fingerprint density at radius 1 is 1.43 bits per heavy atom. The number of nitrogens with zero attached hydrogens (tertiary/aromatic N) is 1. The molecule has 21 heavy (non-hydrogen) atoms. The minimum atomic E-state index is -3.74. The van der Waals surface area contributed by atoms with E-state index in [1.54, 1.807) is 12.3 Å². The van der Waals surface area contributed by atoms with Crippen LogP contribution in [0.1, 0.15) is 21.1 Å². The average molecular weight is 327 g/mol. The number of aromatic carboxylic acids is 1. The first-order valence-corrected chi connectivity index (χ1v) is 8.42. The third-order valence-corrected chi connectivity index (χ3v) is 5.52. The molecule has 8 heteroatoms. The normalized spacial score (nSPS) is 11.3. The van der Waals surface area contributed by atoms with E-state index < -0.39 is 15.8 Å². The number of aromatic nitrogens is 1. The summed E-state index contributed by atoms with van der Waals surface area (Å²) in [5, 5.41) is 11.2. The summed E-state index contributed by atoms with van der Waals surface area (Å²) in [5.41, 5.74) is 0.640. The highest BCUT2D eigenvalue weighted by molar-refractivity contribution is 7.90. The second kappa shape index (κ2) is 5.82. The molecule has 0 spiro atoms. The lowest BCUT2D eigenvalue weighted by atomic mass is 10.2. The molecular formula is C13H13NO5S2. The Hall–Kier alpha value is -1.93. The monoisotopic (exact) mass is 327 g/mol. The average Bonchev–Trinajstić information content (AvgIpc) is 2.82. The summed E-state index contributed by atoms with van der Waals surface area (Å²) in [4.78, 5) is 15.0. The summed E-state index contributed by atoms with van der Waals surface area (Å²) in [6, 6.07) is 3.74. The van der Waals surface area contributed by atoms with Gasteiger partial charge in [0.2, 0.25) is 0 Å². The van der Waals surface area contributed by atoms with Gasteiger partial charge in [-0.05, 0) is 25.1 Å². The highest BCUT2D eigenvalue weighted by atomic mass is 32.2. The molecule has 0 aliphatic carbocycles. The van der Waals surface area contributed by atoms with Crippen LogP contribution < -0.4 is 4.74 Å². The van der Waals surface area contributed by atoms with Crippen molar-refractivity contribution in [2.75, 3.05) is 7.11 Å². The first-order chi connectivity index (χ1) is 9.83. The summed E-state index contributed by atoms with van der Waals surface area (Å²) in [6.07, 6.45) is 0. The number of ether oxygens (including phenoxy) is 1. The molecule has 1 aromatic heterocycles. The minimum Gasteiger partial charge on any atom is -0.495 e. The molecular weight excluding hydrogens is 314 g/mol. The number of methoxy groups -OCH3 is 1. The van der Waals surface area contributed by atoms with Gasteiger partial charge in [0.15, 0.2) is 9.84 Å². The van der Waals surface area contributed by atoms with Crippen molar-refractivity contribution in [2.45, 2.75) is 17.6 Å². The van der Waals surface area contributed by atoms with E-state index in [2.05, 4.69) is 4.98 Å². The molecule has 2 rings (SSSR count). The van der Waals surface area contributed by atoms with Gasteiger partial charge >= 0.3 is 5.97 Å². The summed E-state index contributed by atoms with van der Waals surface area (Å²) >= 11 is 1.25. The summed E-state index contributed by atoms with van der Waals surface area (Å²) in [7, 11) is -2.40. The van der Waals surface area contributed by atoms with Crippen LogP contribution in [0.4, 0.5) is 0 Å². The molecule has 2 aromatic rings. The standard InChI is InChI=1S/C13H13NO5S2/c1-8-6-20-12(14-8)7-21(17,18)11-5-9(13(15)16)3-4-10(11)19-2/h3-6H,7H2,1-2H3,(H,15,16). The molecule has 0 aliphatic heterocycles. The minimum absolute atomic E-state index is 0.107. The van der Waals surface area contributed by atoms with Crippen molar-refractivity contribution in [1.82, 2.24) is 4.98 Å². The summed E-state index contributed by atoms with van der Waals surface area (Å²) in [5.74, 6) is -1.36. The van der Waals surface area contributed by atoms with Crippen molar-refractivity contribution in [2.24, 2.45) is 0 Å². The van der Waals surface area contributed by atoms with Crippen LogP contribution in [0.2, 0.25) is 0 Å². The van der Waals surface area contributed by atoms with Crippen molar-refractivity contribution >= 4 is 27.1 Å². The maximum Gasteiger partial charge on any atom is 0.335 e. The van der Waals surface area contributed by atoms with Crippen molar-refractivity contribution in [3.8, 4) is 5.75 Å². The molecule has 0 amide bonds. The Kier molecular flexibility index (Phi) is 4.29. The van der Waals surface area contributed by atoms with E-state index in [1.807, 2.05) is 0 Å². The predicted octanol–water partition coefficient (Wildman–Crippen LogP) is 2.13. The van der Waals surface area contributed by atoms with Gasteiger partial charge in [0.25, 0.3) is 0 Å². The third-order valence-electron chi connectivity index (χ3n) is 2.73. The van der Waals surface area contributed by atoms with Crippen LogP contribution in [0.3, 0.4) is 0 Å². The van der Waals surface area contributed by atoms with Gasteiger partial charge in [0.05, 0.1) is 12.7 Å². The summed E-state index contributed by atoms with van der Waals surface area (Å²) in [6.45, 7) is 1.78. The predicted molar refractivity (Wildman–Crippen MR) is 77.7 cm³/mol. The summed E-state index contributed by atoms with van der Waals surface area (Å²) < 4.78 is 29.9. The largest absolute Gasteiger partial charge is 0.495 e. The Balaban J connectivity index is 2.47. The molecule has 1 aromatic carbocycles. The third kappa shape index (κ3) is 3.40. The van der Waals surface area contributed by atoms with E-state index in [4.69, 9.17) is 9.84 Å². The molecule has 0 radical (unpaired) electrons. The number of carboxylic acids is 1. The van der Waals surface area contributed by atoms with Crippen molar-refractivity contribution in [3.63, 3.8) is 0 Å². The number of hydrogen-bond donors (Lipinski definition) is 1. The van der Waals surface area contributed by atoms with E-state index in [0.29, 0.717) is 5.01 Å². The molecule has 1 heterocycles. The van der Waals surface area contributed by atoms with Gasteiger partial charge in [-0.1, -0.05) is 0 Å². The smallest absolute Gasteiger partial charge is 0.335 e. The number of rotatable bonds is 5. The Bertz CT molecular complexity index is 780. The van der Waals surface area contributed by atoms with Gasteiger partial charge in [0.1, 0.15) is 21.4 Å².